The third-order valence-corrected chi connectivity index (χ3v) is 5.66. The Hall–Kier alpha value is -3.19. The molecule has 1 amide bonds. The molecule has 1 saturated heterocycles. The summed E-state index contributed by atoms with van der Waals surface area (Å²) in [7, 11) is 1.69. The van der Waals surface area contributed by atoms with Crippen LogP contribution in [0.25, 0.3) is 5.82 Å². The number of nitrogens with zero attached hydrogens (tertiary/aromatic N) is 4. The van der Waals surface area contributed by atoms with Crippen molar-refractivity contribution in [1.29, 1.82) is 0 Å². The maximum atomic E-state index is 13.0. The maximum Gasteiger partial charge on any atom is 0.254 e. The van der Waals surface area contributed by atoms with E-state index in [0.29, 0.717) is 17.9 Å². The van der Waals surface area contributed by atoms with Crippen molar-refractivity contribution < 1.29 is 9.53 Å². The van der Waals surface area contributed by atoms with E-state index in [2.05, 4.69) is 26.4 Å². The largest absolute Gasteiger partial charge is 0.496 e. The van der Waals surface area contributed by atoms with E-state index in [1.165, 1.54) is 12.8 Å². The van der Waals surface area contributed by atoms with E-state index >= 15 is 0 Å². The van der Waals surface area contributed by atoms with E-state index in [0.717, 1.165) is 30.1 Å². The second-order valence-corrected chi connectivity index (χ2v) is 7.45. The van der Waals surface area contributed by atoms with Crippen LogP contribution in [0.2, 0.25) is 0 Å². The zero-order valence-corrected chi connectivity index (χ0v) is 17.4. The van der Waals surface area contributed by atoms with Crippen LogP contribution in [0.4, 0.5) is 0 Å². The molecular weight excluding hydrogens is 378 g/mol. The second-order valence-electron chi connectivity index (χ2n) is 7.45. The smallest absolute Gasteiger partial charge is 0.254 e. The molecule has 1 fully saturated rings. The van der Waals surface area contributed by atoms with Crippen molar-refractivity contribution in [2.45, 2.75) is 25.8 Å². The third-order valence-electron chi connectivity index (χ3n) is 5.66. The first kappa shape index (κ1) is 20.1. The van der Waals surface area contributed by atoms with Crippen LogP contribution in [-0.2, 0) is 0 Å². The molecule has 0 spiro atoms. The van der Waals surface area contributed by atoms with Gasteiger partial charge in [-0.15, -0.1) is 0 Å². The molecule has 3 heterocycles. The predicted molar refractivity (Wildman–Crippen MR) is 115 cm³/mol. The Balaban J connectivity index is 1.53. The van der Waals surface area contributed by atoms with Crippen molar-refractivity contribution in [2.24, 2.45) is 0 Å². The Morgan fingerprint density at radius 3 is 2.67 bits per heavy atom. The van der Waals surface area contributed by atoms with Crippen LogP contribution in [-0.4, -0.2) is 52.3 Å². The Bertz CT molecular complexity index is 996. The highest BCUT2D eigenvalue weighted by Crippen LogP contribution is 2.31. The monoisotopic (exact) mass is 405 g/mol. The van der Waals surface area contributed by atoms with Crippen LogP contribution in [0.15, 0.2) is 54.9 Å². The number of methoxy groups -OCH3 is 1. The standard InChI is InChI=1S/C23H27N5O2/c1-17-19(15-26-28(17)22-11-5-6-12-24-22)23(29)25-16-20(27-13-7-8-14-27)18-9-3-4-10-21(18)30-2/h3-6,9-12,15,20H,7-8,13-14,16H2,1-2H3,(H,25,29). The fourth-order valence-electron chi connectivity index (χ4n) is 4.06. The lowest BCUT2D eigenvalue weighted by Gasteiger charge is -2.29. The first-order valence-corrected chi connectivity index (χ1v) is 10.3. The molecule has 0 saturated carbocycles. The summed E-state index contributed by atoms with van der Waals surface area (Å²) in [4.78, 5) is 19.7. The number of carbonyl (C=O) groups is 1. The first-order chi connectivity index (χ1) is 14.7. The Morgan fingerprint density at radius 1 is 1.17 bits per heavy atom. The molecule has 1 aliphatic rings. The highest BCUT2D eigenvalue weighted by atomic mass is 16.5. The van der Waals surface area contributed by atoms with Crippen LogP contribution >= 0.6 is 0 Å². The number of amides is 1. The lowest BCUT2D eigenvalue weighted by atomic mass is 10.0. The second kappa shape index (κ2) is 9.09. The van der Waals surface area contributed by atoms with Crippen LogP contribution in [0, 0.1) is 6.92 Å². The molecule has 2 aromatic heterocycles. The summed E-state index contributed by atoms with van der Waals surface area (Å²) in [6.45, 7) is 4.44. The first-order valence-electron chi connectivity index (χ1n) is 10.3. The van der Waals surface area contributed by atoms with Crippen LogP contribution in [0.5, 0.6) is 5.75 Å². The molecule has 30 heavy (non-hydrogen) atoms. The van der Waals surface area contributed by atoms with E-state index in [4.69, 9.17) is 4.74 Å². The minimum absolute atomic E-state index is 0.0683. The number of hydrogen-bond acceptors (Lipinski definition) is 5. The molecule has 4 rings (SSSR count). The third kappa shape index (κ3) is 4.07. The Labute approximate surface area is 176 Å². The van der Waals surface area contributed by atoms with Gasteiger partial charge in [-0.1, -0.05) is 24.3 Å². The molecule has 1 aliphatic heterocycles. The average Bonchev–Trinajstić information content (AvgIpc) is 3.45. The fourth-order valence-corrected chi connectivity index (χ4v) is 4.06. The van der Waals surface area contributed by atoms with E-state index in [1.807, 2.05) is 43.3 Å². The summed E-state index contributed by atoms with van der Waals surface area (Å²) < 4.78 is 7.28. The number of carbonyl (C=O) groups excluding carboxylic acids is 1. The van der Waals surface area contributed by atoms with Crippen LogP contribution < -0.4 is 10.1 Å². The molecule has 1 atom stereocenters. The summed E-state index contributed by atoms with van der Waals surface area (Å²) in [6, 6.07) is 13.7. The van der Waals surface area contributed by atoms with Crippen molar-refractivity contribution >= 4 is 5.91 Å². The molecule has 156 valence electrons. The summed E-state index contributed by atoms with van der Waals surface area (Å²) in [6.07, 6.45) is 5.67. The van der Waals surface area contributed by atoms with Crippen molar-refractivity contribution in [3.05, 3.63) is 71.7 Å². The van der Waals surface area contributed by atoms with Gasteiger partial charge in [0.05, 0.1) is 30.6 Å². The number of rotatable bonds is 7. The zero-order chi connectivity index (χ0) is 20.9. The summed E-state index contributed by atoms with van der Waals surface area (Å²) >= 11 is 0. The van der Waals surface area contributed by atoms with Gasteiger partial charge in [-0.2, -0.15) is 5.10 Å². The van der Waals surface area contributed by atoms with Crippen molar-refractivity contribution in [2.75, 3.05) is 26.7 Å². The molecule has 3 aromatic rings. The highest BCUT2D eigenvalue weighted by Gasteiger charge is 2.27. The summed E-state index contributed by atoms with van der Waals surface area (Å²) in [5, 5.41) is 7.48. The average molecular weight is 406 g/mol. The van der Waals surface area contributed by atoms with Gasteiger partial charge in [0.25, 0.3) is 5.91 Å². The zero-order valence-electron chi connectivity index (χ0n) is 17.4. The van der Waals surface area contributed by atoms with Gasteiger partial charge in [0.2, 0.25) is 0 Å². The van der Waals surface area contributed by atoms with Gasteiger partial charge in [-0.25, -0.2) is 9.67 Å². The number of aromatic nitrogens is 3. The van der Waals surface area contributed by atoms with E-state index in [9.17, 15) is 4.79 Å². The minimum atomic E-state index is -0.131. The molecule has 0 radical (unpaired) electrons. The Kier molecular flexibility index (Phi) is 6.09. The van der Waals surface area contributed by atoms with Gasteiger partial charge >= 0.3 is 0 Å². The minimum Gasteiger partial charge on any atom is -0.496 e. The molecule has 0 aliphatic carbocycles. The van der Waals surface area contributed by atoms with Gasteiger partial charge < -0.3 is 10.1 Å². The summed E-state index contributed by atoms with van der Waals surface area (Å²) in [5.41, 5.74) is 2.42. The van der Waals surface area contributed by atoms with Gasteiger partial charge in [-0.3, -0.25) is 9.69 Å². The number of benzene rings is 1. The van der Waals surface area contributed by atoms with Crippen molar-refractivity contribution in [1.82, 2.24) is 25.0 Å². The van der Waals surface area contributed by atoms with Gasteiger partial charge in [0.1, 0.15) is 5.75 Å². The molecule has 1 unspecified atom stereocenters. The normalized spacial score (nSPS) is 15.1. The van der Waals surface area contributed by atoms with Crippen LogP contribution in [0.1, 0.15) is 40.5 Å². The van der Waals surface area contributed by atoms with Crippen molar-refractivity contribution in [3.8, 4) is 11.6 Å². The number of nitrogens with one attached hydrogen (secondary N) is 1. The fraction of sp³-hybridized carbons (Fsp3) is 0.348. The molecular formula is C23H27N5O2. The van der Waals surface area contributed by atoms with Gasteiger partial charge in [0.15, 0.2) is 5.82 Å². The lowest BCUT2D eigenvalue weighted by Crippen LogP contribution is -2.37. The summed E-state index contributed by atoms with van der Waals surface area (Å²) in [5.74, 6) is 1.41. The quantitative estimate of drug-likeness (QED) is 0.654. The van der Waals surface area contributed by atoms with E-state index in [1.54, 1.807) is 24.2 Å². The van der Waals surface area contributed by atoms with Gasteiger partial charge in [0, 0.05) is 18.3 Å². The number of hydrogen-bond donors (Lipinski definition) is 1. The number of likely N-dealkylation sites (tertiary alicyclic amines) is 1. The topological polar surface area (TPSA) is 72.3 Å². The number of para-hydroxylation sites is 1. The SMILES string of the molecule is COc1ccccc1C(CNC(=O)c1cnn(-c2ccccn2)c1C)N1CCCC1. The Morgan fingerprint density at radius 2 is 1.93 bits per heavy atom. The molecule has 7 heteroatoms. The number of pyridine rings is 1. The van der Waals surface area contributed by atoms with Gasteiger partial charge in [-0.05, 0) is 51.1 Å². The van der Waals surface area contributed by atoms with E-state index in [-0.39, 0.29) is 11.9 Å². The lowest BCUT2D eigenvalue weighted by molar-refractivity contribution is 0.0936. The number of ether oxygens (including phenoxy) is 1. The molecule has 0 bridgehead atoms. The molecule has 1 aromatic carbocycles. The maximum absolute atomic E-state index is 13.0. The molecule has 1 N–H and O–H groups in total. The molecule has 7 nitrogen and oxygen atoms in total. The van der Waals surface area contributed by atoms with E-state index < -0.39 is 0 Å². The predicted octanol–water partition coefficient (Wildman–Crippen LogP) is 3.15. The van der Waals surface area contributed by atoms with Crippen molar-refractivity contribution in [3.63, 3.8) is 0 Å². The van der Waals surface area contributed by atoms with Crippen LogP contribution in [0.3, 0.4) is 0 Å². The highest BCUT2D eigenvalue weighted by molar-refractivity contribution is 5.95.